The Morgan fingerprint density at radius 3 is 2.14 bits per heavy atom. The van der Waals surface area contributed by atoms with Crippen LogP contribution in [-0.2, 0) is 10.3 Å². The minimum Gasteiger partial charge on any atom is -0.185 e. The van der Waals surface area contributed by atoms with E-state index in [9.17, 15) is 8.42 Å². The topological polar surface area (TPSA) is 34.1 Å². The van der Waals surface area contributed by atoms with E-state index in [0.29, 0.717) is 0 Å². The summed E-state index contributed by atoms with van der Waals surface area (Å²) >= 11 is 5.22. The van der Waals surface area contributed by atoms with Crippen LogP contribution >= 0.6 is 11.6 Å². The molecule has 4 heteroatoms. The van der Waals surface area contributed by atoms with Crippen LogP contribution in [0.2, 0.25) is 0 Å². The van der Waals surface area contributed by atoms with Gasteiger partial charge in [0, 0.05) is 0 Å². The molecule has 2 nitrogen and oxygen atoms in total. The summed E-state index contributed by atoms with van der Waals surface area (Å²) in [4.78, 5) is 0. The van der Waals surface area contributed by atoms with Gasteiger partial charge in [0.15, 0.2) is 0 Å². The number of hydrogen-bond donors (Lipinski definition) is 0. The molecule has 7 heavy (non-hydrogen) atoms. The van der Waals surface area contributed by atoms with Crippen molar-refractivity contribution in [3.63, 3.8) is 0 Å². The van der Waals surface area contributed by atoms with Crippen molar-refractivity contribution in [1.82, 2.24) is 0 Å². The summed E-state index contributed by atoms with van der Waals surface area (Å²) in [5.74, 6) is 0. The average Bonchev–Trinajstić information content (AvgIpc) is 1.27. The highest BCUT2D eigenvalue weighted by molar-refractivity contribution is 7.71. The van der Waals surface area contributed by atoms with Gasteiger partial charge in [-0.1, -0.05) is 0 Å². The largest absolute Gasteiger partial charge is 0.211 e. The molecule has 0 fully saturated rings. The first kappa shape index (κ1) is 6.98. The molecule has 0 aliphatic rings. The van der Waals surface area contributed by atoms with Gasteiger partial charge in [0.05, 0.1) is 10.7 Å². The molecular weight excluding hydrogens is 136 g/mol. The minimum atomic E-state index is -2.10. The van der Waals surface area contributed by atoms with Crippen molar-refractivity contribution in [3.05, 3.63) is 0 Å². The van der Waals surface area contributed by atoms with Crippen LogP contribution in [0.3, 0.4) is 0 Å². The molecule has 0 saturated heterocycles. The first-order chi connectivity index (χ1) is 3.13. The summed E-state index contributed by atoms with van der Waals surface area (Å²) in [5, 5.41) is 0.625. The van der Waals surface area contributed by atoms with Gasteiger partial charge in [0.25, 0.3) is 0 Å². The normalized spacial score (nSPS) is 12.9. The fourth-order valence-corrected chi connectivity index (χ4v) is 0.711. The van der Waals surface area contributed by atoms with Crippen molar-refractivity contribution in [2.75, 3.05) is 0 Å². The minimum absolute atomic E-state index is 0.390. The van der Waals surface area contributed by atoms with E-state index in [-0.39, 0.29) is 0 Å². The van der Waals surface area contributed by atoms with Gasteiger partial charge < -0.3 is 0 Å². The molecule has 0 heterocycles. The standard InChI is InChI=1S/C3H5ClO2S/c1-3(4)2-7(5)6/h2-3H,1H3. The molecule has 0 aliphatic heterocycles. The van der Waals surface area contributed by atoms with Crippen molar-refractivity contribution in [1.29, 1.82) is 0 Å². The maximum atomic E-state index is 9.67. The third kappa shape index (κ3) is 5.98. The van der Waals surface area contributed by atoms with Gasteiger partial charge in [-0.15, -0.1) is 11.6 Å². The molecule has 42 valence electrons. The van der Waals surface area contributed by atoms with E-state index >= 15 is 0 Å². The summed E-state index contributed by atoms with van der Waals surface area (Å²) in [6.45, 7) is 1.58. The SMILES string of the molecule is CC(Cl)C=S(=O)=O. The fourth-order valence-electron chi connectivity index (χ4n) is 0.153. The second-order valence-electron chi connectivity index (χ2n) is 1.07. The van der Waals surface area contributed by atoms with Crippen LogP contribution in [0.4, 0.5) is 0 Å². The van der Waals surface area contributed by atoms with E-state index in [0.717, 1.165) is 5.37 Å². The Hall–Kier alpha value is -0.0200. The maximum Gasteiger partial charge on any atom is 0.211 e. The highest BCUT2D eigenvalue weighted by Crippen LogP contribution is 1.84. The lowest BCUT2D eigenvalue weighted by atomic mass is 10.6. The molecule has 0 aromatic carbocycles. The third-order valence-corrected chi connectivity index (χ3v) is 1.20. The predicted octanol–water partition coefficient (Wildman–Crippen LogP) is 0.295. The van der Waals surface area contributed by atoms with Crippen molar-refractivity contribution >= 4 is 27.3 Å². The van der Waals surface area contributed by atoms with Crippen molar-refractivity contribution in [2.24, 2.45) is 0 Å². The fraction of sp³-hybridized carbons (Fsp3) is 0.667. The first-order valence-corrected chi connectivity index (χ1v) is 3.27. The lowest BCUT2D eigenvalue weighted by Crippen LogP contribution is -1.90. The Balaban J connectivity index is 3.96. The molecular formula is C3H5ClO2S. The molecule has 0 N–H and O–H groups in total. The molecule has 0 radical (unpaired) electrons. The Kier molecular flexibility index (Phi) is 3.04. The van der Waals surface area contributed by atoms with Gasteiger partial charge in [0.1, 0.15) is 0 Å². The van der Waals surface area contributed by atoms with Gasteiger partial charge in [-0.05, 0) is 6.92 Å². The molecule has 0 aromatic heterocycles. The smallest absolute Gasteiger partial charge is 0.185 e. The summed E-state index contributed by atoms with van der Waals surface area (Å²) in [6.07, 6.45) is 0. The molecule has 0 spiro atoms. The summed E-state index contributed by atoms with van der Waals surface area (Å²) < 4.78 is 19.3. The Labute approximate surface area is 48.6 Å². The van der Waals surface area contributed by atoms with Crippen LogP contribution in [0.1, 0.15) is 6.92 Å². The number of alkyl halides is 1. The second-order valence-corrected chi connectivity index (χ2v) is 2.56. The van der Waals surface area contributed by atoms with Crippen LogP contribution in [0, 0.1) is 0 Å². The van der Waals surface area contributed by atoms with E-state index in [4.69, 9.17) is 11.6 Å². The first-order valence-electron chi connectivity index (χ1n) is 1.70. The molecule has 0 saturated carbocycles. The molecule has 0 aliphatic carbocycles. The van der Waals surface area contributed by atoms with Gasteiger partial charge in [-0.3, -0.25) is 0 Å². The number of hydrogen-bond acceptors (Lipinski definition) is 2. The zero-order valence-corrected chi connectivity index (χ0v) is 5.33. The Morgan fingerprint density at radius 2 is 2.14 bits per heavy atom. The molecule has 0 bridgehead atoms. The van der Waals surface area contributed by atoms with Gasteiger partial charge in [0.2, 0.25) is 10.3 Å². The van der Waals surface area contributed by atoms with E-state index in [1.165, 1.54) is 0 Å². The Morgan fingerprint density at radius 1 is 1.71 bits per heavy atom. The van der Waals surface area contributed by atoms with Crippen molar-refractivity contribution in [2.45, 2.75) is 12.3 Å². The van der Waals surface area contributed by atoms with Crippen LogP contribution < -0.4 is 0 Å². The van der Waals surface area contributed by atoms with Crippen molar-refractivity contribution < 1.29 is 8.42 Å². The molecule has 0 rings (SSSR count). The van der Waals surface area contributed by atoms with Gasteiger partial charge in [-0.2, -0.15) is 8.42 Å². The monoisotopic (exact) mass is 140 g/mol. The molecule has 0 amide bonds. The lowest BCUT2D eigenvalue weighted by Gasteiger charge is -1.79. The maximum absolute atomic E-state index is 9.67. The van der Waals surface area contributed by atoms with E-state index in [2.05, 4.69) is 0 Å². The van der Waals surface area contributed by atoms with Crippen LogP contribution in [0.15, 0.2) is 0 Å². The average molecular weight is 141 g/mol. The van der Waals surface area contributed by atoms with Gasteiger partial charge in [-0.25, -0.2) is 0 Å². The third-order valence-electron chi connectivity index (χ3n) is 0.299. The molecule has 0 aromatic rings. The summed E-state index contributed by atoms with van der Waals surface area (Å²) in [5.41, 5.74) is 0. The van der Waals surface area contributed by atoms with Gasteiger partial charge >= 0.3 is 0 Å². The lowest BCUT2D eigenvalue weighted by molar-refractivity contribution is 0.627. The zero-order valence-electron chi connectivity index (χ0n) is 3.76. The summed E-state index contributed by atoms with van der Waals surface area (Å²) in [6, 6.07) is 0. The van der Waals surface area contributed by atoms with E-state index < -0.39 is 15.7 Å². The van der Waals surface area contributed by atoms with Crippen molar-refractivity contribution in [3.8, 4) is 0 Å². The Bertz CT molecular complexity index is 148. The number of halogens is 1. The predicted molar refractivity (Wildman–Crippen MR) is 30.3 cm³/mol. The van der Waals surface area contributed by atoms with E-state index in [1.807, 2.05) is 0 Å². The van der Waals surface area contributed by atoms with E-state index in [1.54, 1.807) is 6.92 Å². The van der Waals surface area contributed by atoms with Crippen LogP contribution in [-0.4, -0.2) is 19.2 Å². The summed E-state index contributed by atoms with van der Waals surface area (Å²) in [7, 11) is -2.10. The highest BCUT2D eigenvalue weighted by Gasteiger charge is 1.85. The zero-order chi connectivity index (χ0) is 5.86. The highest BCUT2D eigenvalue weighted by atomic mass is 35.5. The number of rotatable bonds is 1. The second kappa shape index (κ2) is 3.04. The van der Waals surface area contributed by atoms with Crippen LogP contribution in [0.5, 0.6) is 0 Å². The van der Waals surface area contributed by atoms with Crippen LogP contribution in [0.25, 0.3) is 0 Å². The molecule has 1 atom stereocenters. The molecule has 1 unspecified atom stereocenters. The quantitative estimate of drug-likeness (QED) is 0.388.